The second-order valence-corrected chi connectivity index (χ2v) is 3.30. The molecule has 92 valence electrons. The number of hydrogen-bond acceptors (Lipinski definition) is 6. The smallest absolute Gasteiger partial charge is 0.277 e. The number of anilines is 2. The van der Waals surface area contributed by atoms with Crippen LogP contribution in [0.4, 0.5) is 11.6 Å². The lowest BCUT2D eigenvalue weighted by Gasteiger charge is -2.03. The molecule has 0 saturated heterocycles. The Labute approximate surface area is 101 Å². The van der Waals surface area contributed by atoms with E-state index in [9.17, 15) is 9.59 Å². The Morgan fingerprint density at radius 3 is 2.61 bits per heavy atom. The van der Waals surface area contributed by atoms with Crippen LogP contribution in [0.5, 0.6) is 0 Å². The maximum Gasteiger partial charge on any atom is 0.277 e. The van der Waals surface area contributed by atoms with Gasteiger partial charge in [0.25, 0.3) is 11.5 Å². The summed E-state index contributed by atoms with van der Waals surface area (Å²) in [5.74, 6) is 0.345. The minimum absolute atomic E-state index is 0.155. The van der Waals surface area contributed by atoms with E-state index < -0.39 is 5.91 Å². The summed E-state index contributed by atoms with van der Waals surface area (Å²) >= 11 is 0. The molecule has 0 aliphatic rings. The summed E-state index contributed by atoms with van der Waals surface area (Å²) in [6.07, 6.45) is 2.78. The molecular weight excluding hydrogens is 236 g/mol. The van der Waals surface area contributed by atoms with Gasteiger partial charge in [-0.1, -0.05) is 0 Å². The van der Waals surface area contributed by atoms with Gasteiger partial charge in [-0.3, -0.25) is 9.59 Å². The van der Waals surface area contributed by atoms with Gasteiger partial charge in [-0.05, 0) is 6.07 Å². The summed E-state index contributed by atoms with van der Waals surface area (Å²) in [5, 5.41) is 11.1. The quantitative estimate of drug-likeness (QED) is 0.694. The fourth-order valence-corrected chi connectivity index (χ4v) is 1.17. The standard InChI is InChI=1S/C10H10N6O2/c1-11-8-5-12-6(4-13-8)10(18)14-7-2-3-9(17)16-15-7/h2-5H,1H3,(H,11,13)(H,16,17)(H,14,15,18). The lowest BCUT2D eigenvalue weighted by molar-refractivity contribution is 0.102. The first-order valence-electron chi connectivity index (χ1n) is 5.06. The molecule has 2 heterocycles. The third-order valence-corrected chi connectivity index (χ3v) is 2.06. The summed E-state index contributed by atoms with van der Waals surface area (Å²) in [4.78, 5) is 30.4. The van der Waals surface area contributed by atoms with Gasteiger partial charge in [-0.25, -0.2) is 15.1 Å². The van der Waals surface area contributed by atoms with Gasteiger partial charge < -0.3 is 10.6 Å². The van der Waals surface area contributed by atoms with Crippen LogP contribution in [0.2, 0.25) is 0 Å². The van der Waals surface area contributed by atoms with Crippen LogP contribution >= 0.6 is 0 Å². The van der Waals surface area contributed by atoms with Crippen LogP contribution in [0.15, 0.2) is 29.3 Å². The van der Waals surface area contributed by atoms with Crippen molar-refractivity contribution in [1.29, 1.82) is 0 Å². The second kappa shape index (κ2) is 5.04. The molecule has 2 aromatic rings. The maximum absolute atomic E-state index is 11.7. The van der Waals surface area contributed by atoms with E-state index >= 15 is 0 Å². The molecule has 0 bridgehead atoms. The predicted octanol–water partition coefficient (Wildman–Crippen LogP) is -0.146. The fraction of sp³-hybridized carbons (Fsp3) is 0.100. The molecule has 1 amide bonds. The Morgan fingerprint density at radius 1 is 1.22 bits per heavy atom. The Balaban J connectivity index is 2.11. The SMILES string of the molecule is CNc1cnc(C(=O)Nc2ccc(=O)[nH]n2)cn1. The van der Waals surface area contributed by atoms with Crippen molar-refractivity contribution < 1.29 is 4.79 Å². The number of amides is 1. The van der Waals surface area contributed by atoms with Gasteiger partial charge in [-0.15, -0.1) is 0 Å². The fourth-order valence-electron chi connectivity index (χ4n) is 1.17. The molecule has 18 heavy (non-hydrogen) atoms. The van der Waals surface area contributed by atoms with E-state index in [2.05, 4.69) is 30.8 Å². The predicted molar refractivity (Wildman–Crippen MR) is 64.4 cm³/mol. The van der Waals surface area contributed by atoms with Crippen LogP contribution in [0, 0.1) is 0 Å². The molecule has 0 aromatic carbocycles. The van der Waals surface area contributed by atoms with Crippen molar-refractivity contribution in [3.63, 3.8) is 0 Å². The van der Waals surface area contributed by atoms with Gasteiger partial charge in [0.1, 0.15) is 11.5 Å². The van der Waals surface area contributed by atoms with Gasteiger partial charge in [0, 0.05) is 13.1 Å². The Hall–Kier alpha value is -2.77. The van der Waals surface area contributed by atoms with E-state index in [1.165, 1.54) is 24.5 Å². The number of carbonyl (C=O) groups is 1. The highest BCUT2D eigenvalue weighted by atomic mass is 16.2. The third kappa shape index (κ3) is 2.67. The van der Waals surface area contributed by atoms with E-state index in [4.69, 9.17) is 0 Å². The zero-order valence-corrected chi connectivity index (χ0v) is 9.47. The maximum atomic E-state index is 11.7. The largest absolute Gasteiger partial charge is 0.372 e. The van der Waals surface area contributed by atoms with Gasteiger partial charge in [0.15, 0.2) is 5.82 Å². The van der Waals surface area contributed by atoms with Crippen molar-refractivity contribution in [2.75, 3.05) is 17.7 Å². The highest BCUT2D eigenvalue weighted by Gasteiger charge is 2.08. The molecule has 0 unspecified atom stereocenters. The lowest BCUT2D eigenvalue weighted by atomic mass is 10.4. The monoisotopic (exact) mass is 246 g/mol. The van der Waals surface area contributed by atoms with Crippen molar-refractivity contribution in [1.82, 2.24) is 20.2 Å². The van der Waals surface area contributed by atoms with Crippen LogP contribution < -0.4 is 16.2 Å². The van der Waals surface area contributed by atoms with Crippen LogP contribution in [-0.4, -0.2) is 33.1 Å². The molecule has 3 N–H and O–H groups in total. The number of nitrogens with zero attached hydrogens (tertiary/aromatic N) is 3. The molecule has 0 atom stereocenters. The molecule has 0 spiro atoms. The average molecular weight is 246 g/mol. The number of rotatable bonds is 3. The molecule has 2 aromatic heterocycles. The van der Waals surface area contributed by atoms with Crippen LogP contribution in [0.1, 0.15) is 10.5 Å². The topological polar surface area (TPSA) is 113 Å². The highest BCUT2D eigenvalue weighted by molar-refractivity contribution is 6.02. The Bertz CT molecular complexity index is 586. The Kier molecular flexibility index (Phi) is 3.28. The summed E-state index contributed by atoms with van der Waals surface area (Å²) in [5.41, 5.74) is -0.187. The zero-order valence-electron chi connectivity index (χ0n) is 9.47. The molecule has 0 aliphatic heterocycles. The molecular formula is C10H10N6O2. The van der Waals surface area contributed by atoms with Gasteiger partial charge in [-0.2, -0.15) is 5.10 Å². The molecule has 0 saturated carbocycles. The number of carbonyl (C=O) groups excluding carboxylic acids is 1. The van der Waals surface area contributed by atoms with Crippen molar-refractivity contribution in [3.8, 4) is 0 Å². The summed E-state index contributed by atoms with van der Waals surface area (Å²) in [7, 11) is 1.70. The minimum Gasteiger partial charge on any atom is -0.372 e. The molecule has 0 radical (unpaired) electrons. The second-order valence-electron chi connectivity index (χ2n) is 3.30. The summed E-state index contributed by atoms with van der Waals surface area (Å²) in [6, 6.07) is 2.66. The molecule has 0 fully saturated rings. The van der Waals surface area contributed by atoms with Crippen molar-refractivity contribution in [3.05, 3.63) is 40.6 Å². The number of aromatic nitrogens is 4. The molecule has 2 rings (SSSR count). The first-order valence-corrected chi connectivity index (χ1v) is 5.06. The van der Waals surface area contributed by atoms with E-state index in [0.29, 0.717) is 5.82 Å². The van der Waals surface area contributed by atoms with Crippen molar-refractivity contribution in [2.24, 2.45) is 0 Å². The number of aromatic amines is 1. The van der Waals surface area contributed by atoms with E-state index in [1.54, 1.807) is 7.05 Å². The van der Waals surface area contributed by atoms with Crippen LogP contribution in [0.3, 0.4) is 0 Å². The number of H-pyrrole nitrogens is 1. The van der Waals surface area contributed by atoms with E-state index in [1.807, 2.05) is 0 Å². The molecule has 0 aliphatic carbocycles. The first-order chi connectivity index (χ1) is 8.69. The normalized spacial score (nSPS) is 9.83. The summed E-state index contributed by atoms with van der Waals surface area (Å²) in [6.45, 7) is 0. The zero-order chi connectivity index (χ0) is 13.0. The van der Waals surface area contributed by atoms with Gasteiger partial charge >= 0.3 is 0 Å². The number of nitrogens with one attached hydrogen (secondary N) is 3. The third-order valence-electron chi connectivity index (χ3n) is 2.06. The van der Waals surface area contributed by atoms with Crippen LogP contribution in [-0.2, 0) is 0 Å². The lowest BCUT2D eigenvalue weighted by Crippen LogP contribution is -2.17. The average Bonchev–Trinajstić information content (AvgIpc) is 2.41. The van der Waals surface area contributed by atoms with Gasteiger partial charge in [0.05, 0.1) is 12.4 Å². The summed E-state index contributed by atoms with van der Waals surface area (Å²) < 4.78 is 0. The first kappa shape index (κ1) is 11.7. The van der Waals surface area contributed by atoms with Gasteiger partial charge in [0.2, 0.25) is 0 Å². The van der Waals surface area contributed by atoms with Crippen molar-refractivity contribution in [2.45, 2.75) is 0 Å². The van der Waals surface area contributed by atoms with E-state index in [0.717, 1.165) is 0 Å². The Morgan fingerprint density at radius 2 is 2.06 bits per heavy atom. The van der Waals surface area contributed by atoms with E-state index in [-0.39, 0.29) is 17.1 Å². The minimum atomic E-state index is -0.454. The number of hydrogen-bond donors (Lipinski definition) is 3. The molecule has 8 heteroatoms. The highest BCUT2D eigenvalue weighted by Crippen LogP contribution is 2.03. The molecule has 8 nitrogen and oxygen atoms in total. The van der Waals surface area contributed by atoms with Crippen LogP contribution in [0.25, 0.3) is 0 Å². The van der Waals surface area contributed by atoms with Crippen molar-refractivity contribution >= 4 is 17.5 Å².